The number of hydrogen-bond donors (Lipinski definition) is 1. The first-order chi connectivity index (χ1) is 20.4. The second kappa shape index (κ2) is 12.1. The Bertz CT molecular complexity index is 1670. The smallest absolute Gasteiger partial charge is 0.266 e. The third kappa shape index (κ3) is 5.81. The summed E-state index contributed by atoms with van der Waals surface area (Å²) in [6, 6.07) is 19.3. The molecule has 0 bridgehead atoms. The molecule has 0 spiro atoms. The summed E-state index contributed by atoms with van der Waals surface area (Å²) >= 11 is 0. The van der Waals surface area contributed by atoms with E-state index in [0.29, 0.717) is 46.9 Å². The Morgan fingerprint density at radius 1 is 0.929 bits per heavy atom. The topological polar surface area (TPSA) is 82.9 Å². The highest BCUT2D eigenvalue weighted by atomic mass is 16.5. The number of morpholine rings is 1. The standard InChI is InChI=1S/C33H38N6O3/c1-23-10-11-27(39-24(2)34-31-28(33(39)41)8-5-9-30(31)38-16-18-42-19-17-38)21-29(23)35-32(40)26-7-4-6-25(20-26)22-37-14-12-36(3)13-15-37/h4-11,20-21H,12-19,22H2,1-3H3,(H,35,40). The predicted octanol–water partition coefficient (Wildman–Crippen LogP) is 3.84. The molecule has 0 unspecified atom stereocenters. The van der Waals surface area contributed by atoms with E-state index in [1.54, 1.807) is 4.57 Å². The Labute approximate surface area is 246 Å². The monoisotopic (exact) mass is 566 g/mol. The molecule has 1 amide bonds. The Hall–Kier alpha value is -4.05. The van der Waals surface area contributed by atoms with E-state index >= 15 is 0 Å². The molecule has 1 aromatic heterocycles. The Morgan fingerprint density at radius 3 is 2.48 bits per heavy atom. The van der Waals surface area contributed by atoms with Crippen LogP contribution in [0.4, 0.5) is 11.4 Å². The summed E-state index contributed by atoms with van der Waals surface area (Å²) in [5.41, 5.74) is 5.50. The first kappa shape index (κ1) is 28.1. The maximum Gasteiger partial charge on any atom is 0.266 e. The largest absolute Gasteiger partial charge is 0.378 e. The minimum Gasteiger partial charge on any atom is -0.378 e. The maximum absolute atomic E-state index is 13.8. The number of nitrogens with one attached hydrogen (secondary N) is 1. The van der Waals surface area contributed by atoms with Gasteiger partial charge in [0.1, 0.15) is 11.3 Å². The van der Waals surface area contributed by atoms with Gasteiger partial charge in [0.05, 0.1) is 30.0 Å². The number of likely N-dealkylation sites (N-methyl/N-ethyl adjacent to an activating group) is 1. The lowest BCUT2D eigenvalue weighted by atomic mass is 10.1. The molecule has 0 saturated carbocycles. The molecule has 9 heteroatoms. The fraction of sp³-hybridized carbons (Fsp3) is 0.364. The van der Waals surface area contributed by atoms with Gasteiger partial charge < -0.3 is 19.9 Å². The Balaban J connectivity index is 1.26. The van der Waals surface area contributed by atoms with Gasteiger partial charge in [-0.1, -0.05) is 24.3 Å². The van der Waals surface area contributed by atoms with E-state index in [4.69, 9.17) is 9.72 Å². The normalized spacial score (nSPS) is 16.6. The second-order valence-electron chi connectivity index (χ2n) is 11.3. The number of para-hydroxylation sites is 1. The average Bonchev–Trinajstić information content (AvgIpc) is 3.00. The molecule has 4 aromatic rings. The van der Waals surface area contributed by atoms with Crippen LogP contribution in [0, 0.1) is 13.8 Å². The number of rotatable bonds is 6. The minimum absolute atomic E-state index is 0.134. The number of anilines is 2. The molecule has 2 fully saturated rings. The number of nitrogens with zero attached hydrogens (tertiary/aromatic N) is 5. The van der Waals surface area contributed by atoms with Crippen LogP contribution >= 0.6 is 0 Å². The van der Waals surface area contributed by atoms with Crippen LogP contribution in [0.1, 0.15) is 27.3 Å². The molecule has 218 valence electrons. The summed E-state index contributed by atoms with van der Waals surface area (Å²) in [5.74, 6) is 0.414. The van der Waals surface area contributed by atoms with Gasteiger partial charge in [-0.3, -0.25) is 19.1 Å². The minimum atomic E-state index is -0.175. The van der Waals surface area contributed by atoms with Gasteiger partial charge in [-0.15, -0.1) is 0 Å². The zero-order valence-electron chi connectivity index (χ0n) is 24.6. The highest BCUT2D eigenvalue weighted by Crippen LogP contribution is 2.26. The molecule has 2 aliphatic rings. The highest BCUT2D eigenvalue weighted by Gasteiger charge is 2.19. The van der Waals surface area contributed by atoms with Crippen molar-refractivity contribution in [3.63, 3.8) is 0 Å². The lowest BCUT2D eigenvalue weighted by Crippen LogP contribution is -2.43. The van der Waals surface area contributed by atoms with Crippen molar-refractivity contribution in [2.24, 2.45) is 0 Å². The van der Waals surface area contributed by atoms with Crippen molar-refractivity contribution in [1.82, 2.24) is 19.4 Å². The van der Waals surface area contributed by atoms with Crippen LogP contribution in [0.15, 0.2) is 65.5 Å². The van der Waals surface area contributed by atoms with Crippen molar-refractivity contribution in [2.45, 2.75) is 20.4 Å². The van der Waals surface area contributed by atoms with Gasteiger partial charge in [-0.25, -0.2) is 4.98 Å². The number of carbonyl (C=O) groups excluding carboxylic acids is 1. The highest BCUT2D eigenvalue weighted by molar-refractivity contribution is 6.05. The molecule has 3 aromatic carbocycles. The van der Waals surface area contributed by atoms with E-state index in [9.17, 15) is 9.59 Å². The molecule has 2 aliphatic heterocycles. The third-order valence-corrected chi connectivity index (χ3v) is 8.32. The fourth-order valence-electron chi connectivity index (χ4n) is 5.82. The molecular formula is C33H38N6O3. The number of aryl methyl sites for hydroxylation is 2. The summed E-state index contributed by atoms with van der Waals surface area (Å²) < 4.78 is 7.13. The zero-order valence-corrected chi connectivity index (χ0v) is 24.6. The van der Waals surface area contributed by atoms with Gasteiger partial charge in [0.25, 0.3) is 11.5 Å². The van der Waals surface area contributed by atoms with E-state index in [1.807, 2.05) is 68.4 Å². The lowest BCUT2D eigenvalue weighted by molar-refractivity contribution is 0.102. The molecule has 0 radical (unpaired) electrons. The van der Waals surface area contributed by atoms with Gasteiger partial charge in [0, 0.05) is 57.1 Å². The molecule has 6 rings (SSSR count). The van der Waals surface area contributed by atoms with Crippen LogP contribution in [-0.2, 0) is 11.3 Å². The molecule has 0 aliphatic carbocycles. The average molecular weight is 567 g/mol. The molecular weight excluding hydrogens is 528 g/mol. The van der Waals surface area contributed by atoms with E-state index in [-0.39, 0.29) is 11.5 Å². The van der Waals surface area contributed by atoms with Gasteiger partial charge in [0.2, 0.25) is 0 Å². The quantitative estimate of drug-likeness (QED) is 0.380. The number of carbonyl (C=O) groups is 1. The SMILES string of the molecule is Cc1ccc(-n2c(C)nc3c(N4CCOCC4)cccc3c2=O)cc1NC(=O)c1cccc(CN2CCN(C)CC2)c1. The number of benzene rings is 3. The third-order valence-electron chi connectivity index (χ3n) is 8.32. The summed E-state index contributed by atoms with van der Waals surface area (Å²) in [6.07, 6.45) is 0. The number of piperazine rings is 1. The van der Waals surface area contributed by atoms with E-state index in [1.165, 1.54) is 0 Å². The molecule has 2 saturated heterocycles. The second-order valence-corrected chi connectivity index (χ2v) is 11.3. The Morgan fingerprint density at radius 2 is 1.69 bits per heavy atom. The molecule has 1 N–H and O–H groups in total. The van der Waals surface area contributed by atoms with E-state index in [2.05, 4.69) is 33.1 Å². The van der Waals surface area contributed by atoms with Crippen molar-refractivity contribution in [3.8, 4) is 5.69 Å². The van der Waals surface area contributed by atoms with E-state index < -0.39 is 0 Å². The summed E-state index contributed by atoms with van der Waals surface area (Å²) in [6.45, 7) is 11.6. The van der Waals surface area contributed by atoms with Gasteiger partial charge in [-0.05, 0) is 68.4 Å². The van der Waals surface area contributed by atoms with Crippen molar-refractivity contribution in [3.05, 3.63) is 93.5 Å². The molecule has 3 heterocycles. The molecule has 9 nitrogen and oxygen atoms in total. The molecule has 0 atom stereocenters. The van der Waals surface area contributed by atoms with Crippen LogP contribution in [0.2, 0.25) is 0 Å². The van der Waals surface area contributed by atoms with Gasteiger partial charge in [0.15, 0.2) is 0 Å². The van der Waals surface area contributed by atoms with Gasteiger partial charge >= 0.3 is 0 Å². The fourth-order valence-corrected chi connectivity index (χ4v) is 5.82. The predicted molar refractivity (Wildman–Crippen MR) is 167 cm³/mol. The lowest BCUT2D eigenvalue weighted by Gasteiger charge is -2.32. The number of hydrogen-bond acceptors (Lipinski definition) is 7. The summed E-state index contributed by atoms with van der Waals surface area (Å²) in [7, 11) is 2.15. The number of ether oxygens (including phenoxy) is 1. The maximum atomic E-state index is 13.8. The van der Waals surface area contributed by atoms with Crippen LogP contribution in [-0.4, -0.2) is 84.8 Å². The number of fused-ring (bicyclic) bond motifs is 1. The summed E-state index contributed by atoms with van der Waals surface area (Å²) in [4.78, 5) is 39.1. The van der Waals surface area contributed by atoms with E-state index in [0.717, 1.165) is 62.6 Å². The first-order valence-electron chi connectivity index (χ1n) is 14.6. The van der Waals surface area contributed by atoms with Gasteiger partial charge in [-0.2, -0.15) is 0 Å². The first-order valence-corrected chi connectivity index (χ1v) is 14.6. The van der Waals surface area contributed by atoms with Crippen LogP contribution in [0.3, 0.4) is 0 Å². The van der Waals surface area contributed by atoms with Crippen molar-refractivity contribution in [1.29, 1.82) is 0 Å². The number of aromatic nitrogens is 2. The van der Waals surface area contributed by atoms with Crippen LogP contribution in [0.25, 0.3) is 16.6 Å². The summed E-state index contributed by atoms with van der Waals surface area (Å²) in [5, 5.41) is 3.65. The number of amides is 1. The van der Waals surface area contributed by atoms with Crippen LogP contribution < -0.4 is 15.8 Å². The van der Waals surface area contributed by atoms with Crippen LogP contribution in [0.5, 0.6) is 0 Å². The van der Waals surface area contributed by atoms with Crippen molar-refractivity contribution in [2.75, 3.05) is 69.7 Å². The zero-order chi connectivity index (χ0) is 29.2. The Kier molecular flexibility index (Phi) is 8.06. The van der Waals surface area contributed by atoms with Crippen molar-refractivity contribution < 1.29 is 9.53 Å². The molecule has 42 heavy (non-hydrogen) atoms. The van der Waals surface area contributed by atoms with Crippen molar-refractivity contribution >= 4 is 28.2 Å².